The molecular formula is C20H17FN4S2. The fraction of sp³-hybridized carbons (Fsp3) is 0.150. The molecule has 0 spiro atoms. The standard InChI is InChI=1S/C20H17FN4S2/c1-3-27-17-6-4-5-15-18(20-22-12-11-16(23-20)26-2)19(24-25(15)17)13-7-9-14(21)10-8-13/h4-12H,3H2,1-2H3. The number of hydrogen-bond donors (Lipinski definition) is 0. The van der Waals surface area contributed by atoms with Crippen molar-refractivity contribution in [3.63, 3.8) is 0 Å². The van der Waals surface area contributed by atoms with Crippen LogP contribution in [0.3, 0.4) is 0 Å². The zero-order chi connectivity index (χ0) is 18.8. The van der Waals surface area contributed by atoms with Gasteiger partial charge in [-0.05, 0) is 54.5 Å². The normalized spacial score (nSPS) is 11.2. The van der Waals surface area contributed by atoms with Gasteiger partial charge in [-0.15, -0.1) is 23.5 Å². The van der Waals surface area contributed by atoms with E-state index in [1.54, 1.807) is 41.9 Å². The predicted octanol–water partition coefficient (Wildman–Crippen LogP) is 5.43. The number of pyridine rings is 1. The molecule has 0 saturated carbocycles. The first-order chi connectivity index (χ1) is 13.2. The van der Waals surface area contributed by atoms with Crippen molar-refractivity contribution < 1.29 is 4.39 Å². The Hall–Kier alpha value is -2.38. The minimum absolute atomic E-state index is 0.271. The molecule has 0 aliphatic rings. The highest BCUT2D eigenvalue weighted by Crippen LogP contribution is 2.35. The molecule has 4 rings (SSSR count). The Morgan fingerprint density at radius 2 is 1.89 bits per heavy atom. The van der Waals surface area contributed by atoms with E-state index in [1.165, 1.54) is 12.1 Å². The maximum absolute atomic E-state index is 13.4. The maximum Gasteiger partial charge on any atom is 0.164 e. The summed E-state index contributed by atoms with van der Waals surface area (Å²) in [5.74, 6) is 1.29. The zero-order valence-corrected chi connectivity index (χ0v) is 16.5. The first-order valence-electron chi connectivity index (χ1n) is 8.49. The average molecular weight is 397 g/mol. The number of nitrogens with zero attached hydrogens (tertiary/aromatic N) is 4. The highest BCUT2D eigenvalue weighted by atomic mass is 32.2. The van der Waals surface area contributed by atoms with Crippen LogP contribution in [0.15, 0.2) is 64.8 Å². The summed E-state index contributed by atoms with van der Waals surface area (Å²) in [6.45, 7) is 2.11. The van der Waals surface area contributed by atoms with Crippen LogP contribution in [-0.4, -0.2) is 31.6 Å². The molecule has 7 heteroatoms. The third-order valence-corrected chi connectivity index (χ3v) is 5.63. The van der Waals surface area contributed by atoms with Gasteiger partial charge in [0.2, 0.25) is 0 Å². The largest absolute Gasteiger partial charge is 0.236 e. The van der Waals surface area contributed by atoms with Gasteiger partial charge in [0.25, 0.3) is 0 Å². The molecule has 27 heavy (non-hydrogen) atoms. The minimum atomic E-state index is -0.271. The molecule has 0 aliphatic carbocycles. The Morgan fingerprint density at radius 1 is 1.07 bits per heavy atom. The van der Waals surface area contributed by atoms with Crippen molar-refractivity contribution in [1.29, 1.82) is 0 Å². The molecule has 0 saturated heterocycles. The number of benzene rings is 1. The summed E-state index contributed by atoms with van der Waals surface area (Å²) < 4.78 is 15.4. The monoisotopic (exact) mass is 396 g/mol. The van der Waals surface area contributed by atoms with Crippen LogP contribution < -0.4 is 0 Å². The quantitative estimate of drug-likeness (QED) is 0.332. The van der Waals surface area contributed by atoms with E-state index in [0.29, 0.717) is 5.82 Å². The van der Waals surface area contributed by atoms with Crippen LogP contribution in [-0.2, 0) is 0 Å². The van der Waals surface area contributed by atoms with Crippen LogP contribution in [0.2, 0.25) is 0 Å². The molecule has 0 unspecified atom stereocenters. The van der Waals surface area contributed by atoms with Gasteiger partial charge in [-0.3, -0.25) is 0 Å². The van der Waals surface area contributed by atoms with E-state index in [1.807, 2.05) is 35.0 Å². The second kappa shape index (κ2) is 7.70. The summed E-state index contributed by atoms with van der Waals surface area (Å²) in [5, 5.41) is 6.79. The van der Waals surface area contributed by atoms with E-state index < -0.39 is 0 Å². The number of thioether (sulfide) groups is 2. The molecule has 0 bridgehead atoms. The average Bonchev–Trinajstić information content (AvgIpc) is 3.09. The molecule has 1 aromatic carbocycles. The number of halogens is 1. The van der Waals surface area contributed by atoms with Gasteiger partial charge in [0.1, 0.15) is 11.5 Å². The predicted molar refractivity (Wildman–Crippen MR) is 110 cm³/mol. The molecule has 4 aromatic rings. The van der Waals surface area contributed by atoms with Gasteiger partial charge in [0.15, 0.2) is 5.82 Å². The van der Waals surface area contributed by atoms with Crippen molar-refractivity contribution in [1.82, 2.24) is 19.6 Å². The van der Waals surface area contributed by atoms with Gasteiger partial charge < -0.3 is 0 Å². The van der Waals surface area contributed by atoms with Gasteiger partial charge in [-0.1, -0.05) is 13.0 Å². The summed E-state index contributed by atoms with van der Waals surface area (Å²) in [7, 11) is 0. The Kier molecular flexibility index (Phi) is 5.13. The first kappa shape index (κ1) is 18.0. The minimum Gasteiger partial charge on any atom is -0.236 e. The van der Waals surface area contributed by atoms with Gasteiger partial charge in [-0.25, -0.2) is 18.9 Å². The Balaban J connectivity index is 2.02. The number of rotatable bonds is 5. The summed E-state index contributed by atoms with van der Waals surface area (Å²) in [5.41, 5.74) is 3.38. The van der Waals surface area contributed by atoms with Gasteiger partial charge in [0, 0.05) is 11.8 Å². The van der Waals surface area contributed by atoms with Crippen LogP contribution in [0.5, 0.6) is 0 Å². The molecule has 3 aromatic heterocycles. The van der Waals surface area contributed by atoms with E-state index in [-0.39, 0.29) is 5.82 Å². The molecule has 136 valence electrons. The molecule has 4 nitrogen and oxygen atoms in total. The lowest BCUT2D eigenvalue weighted by molar-refractivity contribution is 0.628. The Bertz CT molecular complexity index is 1090. The van der Waals surface area contributed by atoms with Crippen LogP contribution in [0.1, 0.15) is 6.92 Å². The lowest BCUT2D eigenvalue weighted by Gasteiger charge is -2.04. The summed E-state index contributed by atoms with van der Waals surface area (Å²) >= 11 is 3.29. The lowest BCUT2D eigenvalue weighted by Crippen LogP contribution is -1.93. The number of hydrogen-bond acceptors (Lipinski definition) is 5. The van der Waals surface area contributed by atoms with Gasteiger partial charge >= 0.3 is 0 Å². The highest BCUT2D eigenvalue weighted by molar-refractivity contribution is 7.99. The second-order valence-corrected chi connectivity index (χ2v) is 7.86. The molecule has 0 amide bonds. The fourth-order valence-electron chi connectivity index (χ4n) is 2.91. The highest BCUT2D eigenvalue weighted by Gasteiger charge is 2.20. The van der Waals surface area contributed by atoms with E-state index in [9.17, 15) is 4.39 Å². The zero-order valence-electron chi connectivity index (χ0n) is 14.9. The summed E-state index contributed by atoms with van der Waals surface area (Å²) in [4.78, 5) is 9.18. The second-order valence-electron chi connectivity index (χ2n) is 5.75. The van der Waals surface area contributed by atoms with E-state index in [4.69, 9.17) is 5.10 Å². The number of fused-ring (bicyclic) bond motifs is 1. The van der Waals surface area contributed by atoms with Crippen LogP contribution >= 0.6 is 23.5 Å². The van der Waals surface area contributed by atoms with E-state index >= 15 is 0 Å². The Morgan fingerprint density at radius 3 is 2.63 bits per heavy atom. The third-order valence-electron chi connectivity index (χ3n) is 4.10. The van der Waals surface area contributed by atoms with E-state index in [2.05, 4.69) is 16.9 Å². The molecule has 0 aliphatic heterocycles. The first-order valence-corrected chi connectivity index (χ1v) is 10.7. The van der Waals surface area contributed by atoms with Gasteiger partial charge in [0.05, 0.1) is 21.1 Å². The molecule has 0 radical (unpaired) electrons. The van der Waals surface area contributed by atoms with Crippen LogP contribution in [0.25, 0.3) is 28.2 Å². The fourth-order valence-corrected chi connectivity index (χ4v) is 4.02. The summed E-state index contributed by atoms with van der Waals surface area (Å²) in [6.07, 6.45) is 3.75. The Labute approximate surface area is 165 Å². The van der Waals surface area contributed by atoms with Crippen molar-refractivity contribution in [2.45, 2.75) is 17.0 Å². The van der Waals surface area contributed by atoms with Crippen molar-refractivity contribution in [3.8, 4) is 22.6 Å². The van der Waals surface area contributed by atoms with Crippen LogP contribution in [0.4, 0.5) is 4.39 Å². The van der Waals surface area contributed by atoms with Crippen LogP contribution in [0, 0.1) is 5.82 Å². The smallest absolute Gasteiger partial charge is 0.164 e. The summed E-state index contributed by atoms with van der Waals surface area (Å²) in [6, 6.07) is 14.3. The maximum atomic E-state index is 13.4. The SMILES string of the molecule is CCSc1cccc2c(-c3nccc(SC)n3)c(-c3ccc(F)cc3)nn12. The molecular weight excluding hydrogens is 379 g/mol. The topological polar surface area (TPSA) is 43.1 Å². The molecule has 0 atom stereocenters. The molecule has 0 N–H and O–H groups in total. The third kappa shape index (κ3) is 3.44. The van der Waals surface area contributed by atoms with Crippen molar-refractivity contribution >= 4 is 29.0 Å². The molecule has 3 heterocycles. The number of aromatic nitrogens is 4. The van der Waals surface area contributed by atoms with E-state index in [0.717, 1.165) is 38.1 Å². The molecule has 0 fully saturated rings. The lowest BCUT2D eigenvalue weighted by atomic mass is 10.1. The van der Waals surface area contributed by atoms with Crippen molar-refractivity contribution in [3.05, 3.63) is 60.5 Å². The van der Waals surface area contributed by atoms with Crippen molar-refractivity contribution in [2.24, 2.45) is 0 Å². The van der Waals surface area contributed by atoms with Crippen molar-refractivity contribution in [2.75, 3.05) is 12.0 Å². The van der Waals surface area contributed by atoms with Gasteiger partial charge in [-0.2, -0.15) is 5.10 Å².